The lowest BCUT2D eigenvalue weighted by atomic mass is 10.2. The van der Waals surface area contributed by atoms with Gasteiger partial charge in [-0.05, 0) is 36.1 Å². The molecule has 7 heteroatoms. The lowest BCUT2D eigenvalue weighted by molar-refractivity contribution is -0.112. The molecule has 1 N–H and O–H groups in total. The van der Waals surface area contributed by atoms with Crippen molar-refractivity contribution in [3.8, 4) is 11.5 Å². The third-order valence-corrected chi connectivity index (χ3v) is 4.45. The van der Waals surface area contributed by atoms with Crippen molar-refractivity contribution in [2.24, 2.45) is 0 Å². The maximum Gasteiger partial charge on any atom is 0.322 e. The summed E-state index contributed by atoms with van der Waals surface area (Å²) in [5, 5.41) is 11.0. The Morgan fingerprint density at radius 1 is 1.16 bits per heavy atom. The molecule has 1 heterocycles. The second-order valence-corrected chi connectivity index (χ2v) is 6.21. The van der Waals surface area contributed by atoms with Crippen LogP contribution < -0.4 is 5.32 Å². The van der Waals surface area contributed by atoms with Crippen molar-refractivity contribution in [3.63, 3.8) is 0 Å². The van der Waals surface area contributed by atoms with E-state index >= 15 is 0 Å². The number of benzene rings is 2. The van der Waals surface area contributed by atoms with Gasteiger partial charge in [0.25, 0.3) is 11.8 Å². The maximum absolute atomic E-state index is 12.0. The van der Waals surface area contributed by atoms with Crippen LogP contribution in [-0.2, 0) is 4.79 Å². The van der Waals surface area contributed by atoms with Crippen LogP contribution >= 0.6 is 23.4 Å². The summed E-state index contributed by atoms with van der Waals surface area (Å²) in [6.45, 7) is 0. The summed E-state index contributed by atoms with van der Waals surface area (Å²) in [7, 11) is 0. The van der Waals surface area contributed by atoms with Crippen molar-refractivity contribution in [3.05, 3.63) is 65.2 Å². The molecule has 0 fully saturated rings. The molecule has 1 aromatic heterocycles. The van der Waals surface area contributed by atoms with Gasteiger partial charge < -0.3 is 4.42 Å². The number of carbonyl (C=O) groups is 1. The number of nitrogens with one attached hydrogen (secondary N) is 1. The Kier molecular flexibility index (Phi) is 5.53. The number of hydrogen-bond donors (Lipinski definition) is 1. The number of thioether (sulfide) groups is 1. The number of anilines is 1. The number of hydrogen-bond acceptors (Lipinski definition) is 5. The van der Waals surface area contributed by atoms with Gasteiger partial charge in [-0.1, -0.05) is 47.0 Å². The highest BCUT2D eigenvalue weighted by Gasteiger charge is 2.13. The van der Waals surface area contributed by atoms with E-state index in [1.54, 1.807) is 23.9 Å². The average molecular weight is 372 g/mol. The Morgan fingerprint density at radius 2 is 1.92 bits per heavy atom. The maximum atomic E-state index is 12.0. The van der Waals surface area contributed by atoms with Crippen LogP contribution in [0.3, 0.4) is 0 Å². The molecule has 0 saturated carbocycles. The van der Waals surface area contributed by atoms with Crippen LogP contribution in [0.1, 0.15) is 5.56 Å². The second kappa shape index (κ2) is 8.00. The van der Waals surface area contributed by atoms with E-state index < -0.39 is 0 Å². The lowest BCUT2D eigenvalue weighted by Crippen LogP contribution is -2.07. The van der Waals surface area contributed by atoms with E-state index in [9.17, 15) is 4.79 Å². The first-order valence-electron chi connectivity index (χ1n) is 7.38. The minimum Gasteiger partial charge on any atom is -0.403 e. The van der Waals surface area contributed by atoms with Crippen molar-refractivity contribution in [2.75, 3.05) is 11.6 Å². The van der Waals surface area contributed by atoms with Crippen LogP contribution in [0.15, 0.2) is 63.9 Å². The molecule has 0 atom stereocenters. The van der Waals surface area contributed by atoms with Crippen molar-refractivity contribution < 1.29 is 9.21 Å². The number of halogens is 1. The van der Waals surface area contributed by atoms with Gasteiger partial charge in [-0.2, -0.15) is 0 Å². The molecule has 5 nitrogen and oxygen atoms in total. The molecule has 0 radical (unpaired) electrons. The highest BCUT2D eigenvalue weighted by Crippen LogP contribution is 2.29. The summed E-state index contributed by atoms with van der Waals surface area (Å²) in [4.78, 5) is 13.0. The molecule has 3 rings (SSSR count). The predicted octanol–water partition coefficient (Wildman–Crippen LogP) is 4.76. The van der Waals surface area contributed by atoms with Gasteiger partial charge in [0.1, 0.15) is 0 Å². The molecule has 126 valence electrons. The summed E-state index contributed by atoms with van der Waals surface area (Å²) in [5.74, 6) is -0.0244. The summed E-state index contributed by atoms with van der Waals surface area (Å²) in [5.41, 5.74) is 1.58. The van der Waals surface area contributed by atoms with Gasteiger partial charge in [-0.25, -0.2) is 0 Å². The Bertz CT molecular complexity index is 924. The number of aromatic nitrogens is 2. The zero-order chi connectivity index (χ0) is 17.6. The zero-order valence-corrected chi connectivity index (χ0v) is 14.8. The third kappa shape index (κ3) is 4.29. The quantitative estimate of drug-likeness (QED) is 0.517. The third-order valence-electron chi connectivity index (χ3n) is 3.31. The Morgan fingerprint density at radius 3 is 2.72 bits per heavy atom. The fourth-order valence-corrected chi connectivity index (χ4v) is 2.92. The summed E-state index contributed by atoms with van der Waals surface area (Å²) in [6, 6.07) is 15.0. The van der Waals surface area contributed by atoms with E-state index in [-0.39, 0.29) is 11.9 Å². The van der Waals surface area contributed by atoms with E-state index in [1.807, 2.05) is 48.7 Å². The summed E-state index contributed by atoms with van der Waals surface area (Å²) in [6.07, 6.45) is 4.95. The molecule has 1 amide bonds. The molecule has 0 aliphatic rings. The van der Waals surface area contributed by atoms with Gasteiger partial charge in [0.15, 0.2) is 0 Å². The van der Waals surface area contributed by atoms with Crippen molar-refractivity contribution >= 4 is 41.4 Å². The van der Waals surface area contributed by atoms with E-state index in [0.717, 1.165) is 16.0 Å². The van der Waals surface area contributed by atoms with E-state index in [2.05, 4.69) is 15.5 Å². The average Bonchev–Trinajstić information content (AvgIpc) is 3.09. The van der Waals surface area contributed by atoms with Gasteiger partial charge in [0, 0.05) is 16.0 Å². The van der Waals surface area contributed by atoms with E-state index in [0.29, 0.717) is 10.9 Å². The number of amides is 1. The Balaban J connectivity index is 1.71. The highest BCUT2D eigenvalue weighted by molar-refractivity contribution is 7.98. The molecule has 25 heavy (non-hydrogen) atoms. The number of nitrogens with zero attached hydrogens (tertiary/aromatic N) is 2. The number of carbonyl (C=O) groups excluding carboxylic acids is 1. The molecule has 0 saturated heterocycles. The highest BCUT2D eigenvalue weighted by atomic mass is 35.5. The van der Waals surface area contributed by atoms with Crippen molar-refractivity contribution in [1.29, 1.82) is 0 Å². The summed E-state index contributed by atoms with van der Waals surface area (Å²) >= 11 is 7.62. The van der Waals surface area contributed by atoms with Gasteiger partial charge in [0.2, 0.25) is 0 Å². The molecule has 0 bridgehead atoms. The largest absolute Gasteiger partial charge is 0.403 e. The first kappa shape index (κ1) is 17.3. The predicted molar refractivity (Wildman–Crippen MR) is 101 cm³/mol. The Hall–Kier alpha value is -2.57. The minimum atomic E-state index is -0.381. The molecule has 0 unspecified atom stereocenters. The van der Waals surface area contributed by atoms with Gasteiger partial charge in [0.05, 0.1) is 5.56 Å². The topological polar surface area (TPSA) is 68.0 Å². The van der Waals surface area contributed by atoms with Crippen LogP contribution in [0.25, 0.3) is 17.5 Å². The zero-order valence-electron chi connectivity index (χ0n) is 13.3. The second-order valence-electron chi connectivity index (χ2n) is 4.96. The van der Waals surface area contributed by atoms with E-state index in [4.69, 9.17) is 16.0 Å². The molecule has 0 aliphatic heterocycles. The fraction of sp³-hybridized carbons (Fsp3) is 0.0556. The van der Waals surface area contributed by atoms with Crippen molar-refractivity contribution in [1.82, 2.24) is 10.2 Å². The van der Waals surface area contributed by atoms with E-state index in [1.165, 1.54) is 6.08 Å². The minimum absolute atomic E-state index is 0.0414. The van der Waals surface area contributed by atoms with Crippen LogP contribution in [0, 0.1) is 0 Å². The first-order chi connectivity index (χ1) is 12.2. The molecule has 0 spiro atoms. The van der Waals surface area contributed by atoms with Crippen LogP contribution in [0.4, 0.5) is 6.01 Å². The van der Waals surface area contributed by atoms with Gasteiger partial charge >= 0.3 is 6.01 Å². The lowest BCUT2D eigenvalue weighted by Gasteiger charge is -2.01. The molecular weight excluding hydrogens is 358 g/mol. The van der Waals surface area contributed by atoms with Crippen molar-refractivity contribution in [2.45, 2.75) is 4.90 Å². The first-order valence-corrected chi connectivity index (χ1v) is 8.98. The molecule has 3 aromatic rings. The molecular formula is C18H14ClN3O2S. The van der Waals surface area contributed by atoms with Crippen LogP contribution in [-0.4, -0.2) is 22.4 Å². The smallest absolute Gasteiger partial charge is 0.322 e. The van der Waals surface area contributed by atoms with Crippen LogP contribution in [0.5, 0.6) is 0 Å². The van der Waals surface area contributed by atoms with Crippen LogP contribution in [0.2, 0.25) is 5.02 Å². The number of rotatable bonds is 5. The Labute approximate surface area is 154 Å². The standard InChI is InChI=1S/C18H14ClN3O2S/c1-25-15-9-5-3-7-13(15)17-21-22-18(24-17)20-16(23)11-10-12-6-2-4-8-14(12)19/h2-11H,1H3,(H,20,22,23). The SMILES string of the molecule is CSc1ccccc1-c1nnc(NC(=O)C=Cc2ccccc2Cl)o1. The normalized spacial score (nSPS) is 11.0. The summed E-state index contributed by atoms with van der Waals surface area (Å²) < 4.78 is 5.53. The molecule has 0 aliphatic carbocycles. The fourth-order valence-electron chi connectivity index (χ4n) is 2.13. The molecule has 2 aromatic carbocycles. The monoisotopic (exact) mass is 371 g/mol. The van der Waals surface area contributed by atoms with Gasteiger partial charge in [-0.3, -0.25) is 10.1 Å². The van der Waals surface area contributed by atoms with Gasteiger partial charge in [-0.15, -0.1) is 16.9 Å².